The SMILES string of the molecule is Clc1ccc(/C=C/CC[P+](c2ccccc2)(c2ccccc2)c2ccccc2)cc1.F[P-](F)(F)(F)(F)F. The van der Waals surface area contributed by atoms with Crippen molar-refractivity contribution in [3.63, 3.8) is 0 Å². The maximum absolute atomic E-state index is 10.7. The first-order chi connectivity index (χ1) is 17.2. The Labute approximate surface area is 218 Å². The number of benzene rings is 4. The van der Waals surface area contributed by atoms with Crippen molar-refractivity contribution in [2.24, 2.45) is 0 Å². The molecule has 0 nitrogen and oxygen atoms in total. The Hall–Kier alpha value is -2.65. The maximum atomic E-state index is 9.87. The Balaban J connectivity index is 0.000000479. The first kappa shape index (κ1) is 28.9. The van der Waals surface area contributed by atoms with E-state index in [0.717, 1.165) is 17.6 Å². The second kappa shape index (κ2) is 11.0. The summed E-state index contributed by atoms with van der Waals surface area (Å²) in [5.74, 6) is 0. The van der Waals surface area contributed by atoms with E-state index >= 15 is 0 Å². The molecule has 0 fully saturated rings. The fraction of sp³-hybridized carbons (Fsp3) is 0.0714. The second-order valence-electron chi connectivity index (χ2n) is 8.24. The third kappa shape index (κ3) is 9.97. The predicted molar refractivity (Wildman–Crippen MR) is 149 cm³/mol. The molecule has 0 aliphatic carbocycles. The summed E-state index contributed by atoms with van der Waals surface area (Å²) in [6, 6.07) is 41.1. The van der Waals surface area contributed by atoms with Gasteiger partial charge in [0.25, 0.3) is 0 Å². The molecule has 0 aliphatic rings. The molecule has 0 spiro atoms. The zero-order chi connectivity index (χ0) is 27.1. The van der Waals surface area contributed by atoms with E-state index in [2.05, 4.69) is 115 Å². The predicted octanol–water partition coefficient (Wildman–Crippen LogP) is 10.1. The van der Waals surface area contributed by atoms with E-state index in [0.29, 0.717) is 0 Å². The van der Waals surface area contributed by atoms with Gasteiger partial charge < -0.3 is 0 Å². The van der Waals surface area contributed by atoms with Gasteiger partial charge >= 0.3 is 33.0 Å². The van der Waals surface area contributed by atoms with Crippen molar-refractivity contribution >= 4 is 48.7 Å². The van der Waals surface area contributed by atoms with Crippen LogP contribution in [0.25, 0.3) is 6.08 Å². The summed E-state index contributed by atoms with van der Waals surface area (Å²) in [4.78, 5) is 0. The van der Waals surface area contributed by atoms with Gasteiger partial charge in [-0.15, -0.1) is 0 Å². The standard InChI is InChI=1S/C28H25ClP.F6P/c29-25-21-19-24(20-22-25)12-10-11-23-30(26-13-4-1-5-14-26,27-15-6-2-7-16-27)28-17-8-3-9-18-28;1-7(2,3,4,5)6/h1-10,12-22H,11,23H2;/q+1;-1/b12-10+;. The van der Waals surface area contributed by atoms with Gasteiger partial charge in [-0.25, -0.2) is 0 Å². The summed E-state index contributed by atoms with van der Waals surface area (Å²) in [5, 5.41) is 5.07. The van der Waals surface area contributed by atoms with Gasteiger partial charge in [0, 0.05) is 11.4 Å². The van der Waals surface area contributed by atoms with Gasteiger partial charge in [0.2, 0.25) is 0 Å². The van der Waals surface area contributed by atoms with Gasteiger partial charge in [0.05, 0.1) is 6.16 Å². The fourth-order valence-corrected chi connectivity index (χ4v) is 8.32. The average Bonchev–Trinajstić information content (AvgIpc) is 2.85. The van der Waals surface area contributed by atoms with E-state index in [1.807, 2.05) is 12.1 Å². The summed E-state index contributed by atoms with van der Waals surface area (Å²) < 4.78 is 59.2. The van der Waals surface area contributed by atoms with Crippen LogP contribution in [0.3, 0.4) is 0 Å². The van der Waals surface area contributed by atoms with Gasteiger partial charge in [-0.05, 0) is 54.1 Å². The topological polar surface area (TPSA) is 0 Å². The number of hydrogen-bond acceptors (Lipinski definition) is 0. The molecule has 37 heavy (non-hydrogen) atoms. The van der Waals surface area contributed by atoms with Crippen LogP contribution in [0.2, 0.25) is 5.02 Å². The molecule has 0 atom stereocenters. The van der Waals surface area contributed by atoms with Crippen LogP contribution in [0.4, 0.5) is 25.2 Å². The van der Waals surface area contributed by atoms with Crippen molar-refractivity contribution in [2.75, 3.05) is 6.16 Å². The van der Waals surface area contributed by atoms with E-state index < -0.39 is 15.1 Å². The van der Waals surface area contributed by atoms with Crippen molar-refractivity contribution in [1.29, 1.82) is 0 Å². The van der Waals surface area contributed by atoms with Gasteiger partial charge in [0.1, 0.15) is 23.2 Å². The van der Waals surface area contributed by atoms with Crippen LogP contribution >= 0.6 is 26.7 Å². The van der Waals surface area contributed by atoms with Crippen molar-refractivity contribution in [3.05, 3.63) is 132 Å². The Bertz CT molecular complexity index is 1190. The number of rotatable bonds is 7. The molecule has 0 aromatic heterocycles. The van der Waals surface area contributed by atoms with E-state index in [1.54, 1.807) is 0 Å². The van der Waals surface area contributed by atoms with Crippen LogP contribution in [-0.4, -0.2) is 6.16 Å². The average molecular weight is 573 g/mol. The Morgan fingerprint density at radius 1 is 0.568 bits per heavy atom. The summed E-state index contributed by atoms with van der Waals surface area (Å²) in [5.41, 5.74) is 1.18. The zero-order valence-corrected chi connectivity index (χ0v) is 22.1. The van der Waals surface area contributed by atoms with Crippen molar-refractivity contribution < 1.29 is 25.2 Å². The number of halogens is 7. The molecule has 4 aromatic rings. The van der Waals surface area contributed by atoms with Crippen molar-refractivity contribution in [1.82, 2.24) is 0 Å². The van der Waals surface area contributed by atoms with Gasteiger partial charge in [0.15, 0.2) is 0 Å². The van der Waals surface area contributed by atoms with Gasteiger partial charge in [-0.1, -0.05) is 90.5 Å². The summed E-state index contributed by atoms with van der Waals surface area (Å²) >= 11 is 6.02. The first-order valence-corrected chi connectivity index (χ1v) is 15.7. The third-order valence-electron chi connectivity index (χ3n) is 5.40. The molecule has 0 bridgehead atoms. The summed E-state index contributed by atoms with van der Waals surface area (Å²) in [6.45, 7) is 0. The molecule has 196 valence electrons. The first-order valence-electron chi connectivity index (χ1n) is 11.3. The molecule has 9 heteroatoms. The molecule has 0 aliphatic heterocycles. The molecule has 0 amide bonds. The number of hydrogen-bond donors (Lipinski definition) is 0. The molecule has 0 saturated carbocycles. The van der Waals surface area contributed by atoms with Crippen LogP contribution in [0.5, 0.6) is 0 Å². The molecule has 0 radical (unpaired) electrons. The molecular weight excluding hydrogens is 548 g/mol. The minimum atomic E-state index is -10.7. The molecular formula is C28H25ClF6P2. The normalized spacial score (nSPS) is 13.8. The monoisotopic (exact) mass is 572 g/mol. The molecule has 0 saturated heterocycles. The molecule has 0 unspecified atom stereocenters. The van der Waals surface area contributed by atoms with Crippen molar-refractivity contribution in [3.8, 4) is 0 Å². The zero-order valence-electron chi connectivity index (χ0n) is 19.6. The van der Waals surface area contributed by atoms with Crippen LogP contribution < -0.4 is 15.9 Å². The third-order valence-corrected chi connectivity index (χ3v) is 10.1. The van der Waals surface area contributed by atoms with Gasteiger partial charge in [-0.2, -0.15) is 0 Å². The van der Waals surface area contributed by atoms with Crippen LogP contribution in [0.1, 0.15) is 12.0 Å². The molecule has 0 heterocycles. The molecule has 4 rings (SSSR count). The van der Waals surface area contributed by atoms with Crippen LogP contribution in [0, 0.1) is 0 Å². The summed E-state index contributed by atoms with van der Waals surface area (Å²) in [7, 11) is -12.4. The Kier molecular flexibility index (Phi) is 8.59. The minimum absolute atomic E-state index is 0.773. The van der Waals surface area contributed by atoms with E-state index in [9.17, 15) is 25.2 Å². The Morgan fingerprint density at radius 3 is 1.27 bits per heavy atom. The number of allylic oxidation sites excluding steroid dienone is 1. The second-order valence-corrected chi connectivity index (χ2v) is 14.2. The van der Waals surface area contributed by atoms with Crippen LogP contribution in [-0.2, 0) is 0 Å². The van der Waals surface area contributed by atoms with Crippen LogP contribution in [0.15, 0.2) is 121 Å². The van der Waals surface area contributed by atoms with Gasteiger partial charge in [-0.3, -0.25) is 0 Å². The Morgan fingerprint density at radius 2 is 0.919 bits per heavy atom. The van der Waals surface area contributed by atoms with E-state index in [4.69, 9.17) is 11.6 Å². The summed E-state index contributed by atoms with van der Waals surface area (Å²) in [6.07, 6.45) is 6.60. The van der Waals surface area contributed by atoms with Crippen molar-refractivity contribution in [2.45, 2.75) is 6.42 Å². The van der Waals surface area contributed by atoms with E-state index in [-0.39, 0.29) is 0 Å². The molecule has 4 aromatic carbocycles. The van der Waals surface area contributed by atoms with E-state index in [1.165, 1.54) is 21.5 Å². The quantitative estimate of drug-likeness (QED) is 0.153. The molecule has 0 N–H and O–H groups in total. The fourth-order valence-electron chi connectivity index (χ4n) is 3.94.